The van der Waals surface area contributed by atoms with E-state index in [1.165, 1.54) is 7.11 Å². The largest absolute Gasteiger partial charge is 0.467 e. The summed E-state index contributed by atoms with van der Waals surface area (Å²) in [6, 6.07) is 16.9. The van der Waals surface area contributed by atoms with Crippen LogP contribution in [-0.4, -0.2) is 29.9 Å². The molecule has 0 saturated carbocycles. The predicted molar refractivity (Wildman–Crippen MR) is 117 cm³/mol. The Balaban J connectivity index is 2.40. The van der Waals surface area contributed by atoms with Gasteiger partial charge in [-0.3, -0.25) is 4.79 Å². The molecule has 0 heterocycles. The zero-order valence-corrected chi connectivity index (χ0v) is 18.2. The Morgan fingerprint density at radius 3 is 2.40 bits per heavy atom. The molecule has 0 aromatic heterocycles. The second-order valence-electron chi connectivity index (χ2n) is 7.69. The molecule has 0 unspecified atom stereocenters. The topological polar surface area (TPSA) is 70.4 Å². The van der Waals surface area contributed by atoms with E-state index in [4.69, 9.17) is 4.74 Å². The SMILES string of the molecule is CCCCC(=O)N(Cc1ccc(-c2ccccc2)c(C#N)c1)[C@@H](C(=O)OC)C(C)C. The molecular formula is C25H30N2O3. The molecule has 30 heavy (non-hydrogen) atoms. The summed E-state index contributed by atoms with van der Waals surface area (Å²) in [6.07, 6.45) is 2.04. The average Bonchev–Trinajstić information content (AvgIpc) is 2.76. The summed E-state index contributed by atoms with van der Waals surface area (Å²) in [7, 11) is 1.34. The minimum atomic E-state index is -0.668. The highest BCUT2D eigenvalue weighted by molar-refractivity contribution is 5.84. The Bertz CT molecular complexity index is 900. The van der Waals surface area contributed by atoms with E-state index < -0.39 is 12.0 Å². The molecule has 2 rings (SSSR count). The molecule has 2 aromatic rings. The number of nitriles is 1. The third kappa shape index (κ3) is 5.70. The van der Waals surface area contributed by atoms with Crippen LogP contribution in [0.4, 0.5) is 0 Å². The number of unbranched alkanes of at least 4 members (excludes halogenated alkanes) is 1. The second kappa shape index (κ2) is 11.2. The van der Waals surface area contributed by atoms with Crippen molar-refractivity contribution in [3.63, 3.8) is 0 Å². The molecule has 0 aliphatic carbocycles. The van der Waals surface area contributed by atoms with Crippen LogP contribution in [0.1, 0.15) is 51.2 Å². The summed E-state index contributed by atoms with van der Waals surface area (Å²) in [5.41, 5.74) is 3.16. The lowest BCUT2D eigenvalue weighted by Gasteiger charge is -2.33. The summed E-state index contributed by atoms with van der Waals surface area (Å²) in [4.78, 5) is 27.0. The van der Waals surface area contributed by atoms with E-state index in [1.54, 1.807) is 11.0 Å². The van der Waals surface area contributed by atoms with Crippen molar-refractivity contribution in [1.29, 1.82) is 5.26 Å². The molecule has 1 atom stereocenters. The molecule has 5 heteroatoms. The molecule has 0 fully saturated rings. The number of esters is 1. The summed E-state index contributed by atoms with van der Waals surface area (Å²) in [5.74, 6) is -0.593. The van der Waals surface area contributed by atoms with Gasteiger partial charge >= 0.3 is 5.97 Å². The highest BCUT2D eigenvalue weighted by Crippen LogP contribution is 2.26. The first kappa shape index (κ1) is 23.2. The Labute approximate surface area is 179 Å². The van der Waals surface area contributed by atoms with Crippen LogP contribution in [0.3, 0.4) is 0 Å². The molecule has 0 spiro atoms. The maximum absolute atomic E-state index is 13.0. The van der Waals surface area contributed by atoms with Crippen LogP contribution < -0.4 is 0 Å². The monoisotopic (exact) mass is 406 g/mol. The maximum atomic E-state index is 13.0. The van der Waals surface area contributed by atoms with Crippen LogP contribution >= 0.6 is 0 Å². The fraction of sp³-hybridized carbons (Fsp3) is 0.400. The molecule has 0 saturated heterocycles. The standard InChI is InChI=1S/C25H30N2O3/c1-5-6-12-23(28)27(24(18(2)3)25(29)30-4)17-19-13-14-22(21(15-19)16-26)20-10-8-7-9-11-20/h7-11,13-15,18,24H,5-6,12,17H2,1-4H3/t24-/m1/s1. The normalized spacial score (nSPS) is 11.6. The number of carbonyl (C=O) groups is 2. The van der Waals surface area contributed by atoms with Gasteiger partial charge in [0, 0.05) is 13.0 Å². The number of methoxy groups -OCH3 is 1. The third-order valence-electron chi connectivity index (χ3n) is 5.12. The van der Waals surface area contributed by atoms with Gasteiger partial charge in [-0.05, 0) is 35.1 Å². The van der Waals surface area contributed by atoms with Crippen LogP contribution in [0.5, 0.6) is 0 Å². The van der Waals surface area contributed by atoms with Gasteiger partial charge in [-0.2, -0.15) is 5.26 Å². The van der Waals surface area contributed by atoms with Crippen molar-refractivity contribution >= 4 is 11.9 Å². The van der Waals surface area contributed by atoms with Crippen LogP contribution in [0.25, 0.3) is 11.1 Å². The molecule has 1 amide bonds. The van der Waals surface area contributed by atoms with Crippen molar-refractivity contribution in [2.24, 2.45) is 5.92 Å². The molecule has 2 aromatic carbocycles. The minimum absolute atomic E-state index is 0.0772. The van der Waals surface area contributed by atoms with Crippen LogP contribution in [0.2, 0.25) is 0 Å². The summed E-state index contributed by atoms with van der Waals surface area (Å²) < 4.78 is 4.98. The number of ether oxygens (including phenoxy) is 1. The van der Waals surface area contributed by atoms with Crippen molar-refractivity contribution < 1.29 is 14.3 Å². The zero-order chi connectivity index (χ0) is 22.1. The average molecular weight is 407 g/mol. The molecule has 0 N–H and O–H groups in total. The number of carbonyl (C=O) groups excluding carboxylic acids is 2. The molecule has 0 aliphatic heterocycles. The molecule has 158 valence electrons. The van der Waals surface area contributed by atoms with Gasteiger partial charge in [-0.15, -0.1) is 0 Å². The Morgan fingerprint density at radius 2 is 1.83 bits per heavy atom. The number of hydrogen-bond donors (Lipinski definition) is 0. The van der Waals surface area contributed by atoms with Gasteiger partial charge in [0.25, 0.3) is 0 Å². The Morgan fingerprint density at radius 1 is 1.13 bits per heavy atom. The molecule has 0 bridgehead atoms. The minimum Gasteiger partial charge on any atom is -0.467 e. The van der Waals surface area contributed by atoms with Gasteiger partial charge in [0.1, 0.15) is 6.04 Å². The summed E-state index contributed by atoms with van der Waals surface area (Å²) >= 11 is 0. The first-order valence-electron chi connectivity index (χ1n) is 10.4. The van der Waals surface area contributed by atoms with Gasteiger partial charge in [-0.25, -0.2) is 4.79 Å². The van der Waals surface area contributed by atoms with Gasteiger partial charge in [0.15, 0.2) is 0 Å². The van der Waals surface area contributed by atoms with E-state index in [0.29, 0.717) is 12.0 Å². The second-order valence-corrected chi connectivity index (χ2v) is 7.69. The number of rotatable bonds is 9. The quantitative estimate of drug-likeness (QED) is 0.553. The Kier molecular flexibility index (Phi) is 8.61. The van der Waals surface area contributed by atoms with E-state index in [0.717, 1.165) is 29.5 Å². The lowest BCUT2D eigenvalue weighted by molar-refractivity contribution is -0.155. The van der Waals surface area contributed by atoms with Gasteiger partial charge in [0.05, 0.1) is 18.7 Å². The van der Waals surface area contributed by atoms with Crippen molar-refractivity contribution in [1.82, 2.24) is 4.90 Å². The highest BCUT2D eigenvalue weighted by atomic mass is 16.5. The molecule has 0 aliphatic rings. The van der Waals surface area contributed by atoms with Crippen molar-refractivity contribution in [3.8, 4) is 17.2 Å². The predicted octanol–water partition coefficient (Wildman–Crippen LogP) is 4.94. The smallest absolute Gasteiger partial charge is 0.328 e. The lowest BCUT2D eigenvalue weighted by Crippen LogP contribution is -2.48. The lowest BCUT2D eigenvalue weighted by atomic mass is 9.96. The summed E-state index contributed by atoms with van der Waals surface area (Å²) in [6.45, 7) is 6.09. The fourth-order valence-corrected chi connectivity index (χ4v) is 3.54. The number of hydrogen-bond acceptors (Lipinski definition) is 4. The fourth-order valence-electron chi connectivity index (χ4n) is 3.54. The molecular weight excluding hydrogens is 376 g/mol. The number of benzene rings is 2. The molecule has 5 nitrogen and oxygen atoms in total. The summed E-state index contributed by atoms with van der Waals surface area (Å²) in [5, 5.41) is 9.68. The van der Waals surface area contributed by atoms with Crippen LogP contribution in [-0.2, 0) is 20.9 Å². The van der Waals surface area contributed by atoms with Gasteiger partial charge in [-0.1, -0.05) is 69.7 Å². The molecule has 0 radical (unpaired) electrons. The number of amides is 1. The van der Waals surface area contributed by atoms with E-state index in [-0.39, 0.29) is 18.4 Å². The van der Waals surface area contributed by atoms with E-state index in [1.807, 2.05) is 63.2 Å². The first-order valence-corrected chi connectivity index (χ1v) is 10.4. The van der Waals surface area contributed by atoms with E-state index >= 15 is 0 Å². The van der Waals surface area contributed by atoms with Crippen LogP contribution in [0, 0.1) is 17.2 Å². The Hall–Kier alpha value is -3.13. The van der Waals surface area contributed by atoms with E-state index in [9.17, 15) is 14.9 Å². The van der Waals surface area contributed by atoms with Crippen LogP contribution in [0.15, 0.2) is 48.5 Å². The highest BCUT2D eigenvalue weighted by Gasteiger charge is 2.33. The van der Waals surface area contributed by atoms with Crippen molar-refractivity contribution in [2.45, 2.75) is 52.6 Å². The van der Waals surface area contributed by atoms with Crippen molar-refractivity contribution in [3.05, 3.63) is 59.7 Å². The number of nitrogens with zero attached hydrogens (tertiary/aromatic N) is 2. The van der Waals surface area contributed by atoms with Gasteiger partial charge < -0.3 is 9.64 Å². The van der Waals surface area contributed by atoms with E-state index in [2.05, 4.69) is 6.07 Å². The van der Waals surface area contributed by atoms with Crippen molar-refractivity contribution in [2.75, 3.05) is 7.11 Å². The zero-order valence-electron chi connectivity index (χ0n) is 18.2. The third-order valence-corrected chi connectivity index (χ3v) is 5.12. The first-order chi connectivity index (χ1) is 14.4. The van der Waals surface area contributed by atoms with Gasteiger partial charge in [0.2, 0.25) is 5.91 Å². The maximum Gasteiger partial charge on any atom is 0.328 e.